The quantitative estimate of drug-likeness (QED) is 0.692. The number of aromatic amines is 1. The lowest BCUT2D eigenvalue weighted by Gasteiger charge is -2.14. The van der Waals surface area contributed by atoms with Crippen molar-refractivity contribution in [2.45, 2.75) is 24.7 Å². The Kier molecular flexibility index (Phi) is 2.73. The Morgan fingerprint density at radius 2 is 2.40 bits per heavy atom. The maximum atomic E-state index is 13.6. The summed E-state index contributed by atoms with van der Waals surface area (Å²) in [6, 6.07) is 0. The molecule has 0 saturated carbocycles. The van der Waals surface area contributed by atoms with Crippen LogP contribution in [0.5, 0.6) is 0 Å². The Morgan fingerprint density at radius 3 is 3.05 bits per heavy atom. The first-order valence-corrected chi connectivity index (χ1v) is 5.79. The minimum Gasteiger partial charge on any atom is -0.393 e. The molecule has 2 aromatic rings. The number of alkyl halides is 2. The van der Waals surface area contributed by atoms with Crippen LogP contribution in [-0.4, -0.2) is 43.3 Å². The smallest absolute Gasteiger partial charge is 0.280 e. The van der Waals surface area contributed by atoms with Crippen LogP contribution in [0, 0.1) is 0 Å². The van der Waals surface area contributed by atoms with Crippen molar-refractivity contribution in [2.24, 2.45) is 0 Å². The van der Waals surface area contributed by atoms with E-state index >= 15 is 0 Å². The lowest BCUT2D eigenvalue weighted by Crippen LogP contribution is -2.31. The molecule has 0 spiro atoms. The Labute approximate surface area is 110 Å². The van der Waals surface area contributed by atoms with Gasteiger partial charge in [-0.3, -0.25) is 14.3 Å². The van der Waals surface area contributed by atoms with E-state index < -0.39 is 36.8 Å². The van der Waals surface area contributed by atoms with Crippen LogP contribution in [0.3, 0.4) is 0 Å². The van der Waals surface area contributed by atoms with Gasteiger partial charge in [-0.1, -0.05) is 0 Å². The summed E-state index contributed by atoms with van der Waals surface area (Å²) in [5.41, 5.74) is 4.91. The molecule has 0 bridgehead atoms. The number of aromatic nitrogens is 4. The van der Waals surface area contributed by atoms with E-state index in [1.165, 1.54) is 10.9 Å². The molecule has 1 saturated heterocycles. The Morgan fingerprint density at radius 1 is 1.65 bits per heavy atom. The summed E-state index contributed by atoms with van der Waals surface area (Å²) in [6.07, 6.45) is -2.12. The van der Waals surface area contributed by atoms with Crippen molar-refractivity contribution in [2.75, 3.05) is 12.3 Å². The van der Waals surface area contributed by atoms with E-state index in [2.05, 4.69) is 15.0 Å². The van der Waals surface area contributed by atoms with E-state index in [9.17, 15) is 13.6 Å². The summed E-state index contributed by atoms with van der Waals surface area (Å²) >= 11 is 0. The van der Waals surface area contributed by atoms with Gasteiger partial charge < -0.3 is 15.6 Å². The molecule has 20 heavy (non-hydrogen) atoms. The third kappa shape index (κ3) is 1.84. The highest BCUT2D eigenvalue weighted by atomic mass is 19.3. The molecule has 4 N–H and O–H groups in total. The first-order valence-electron chi connectivity index (χ1n) is 5.79. The van der Waals surface area contributed by atoms with Crippen LogP contribution in [-0.2, 0) is 4.74 Å². The van der Waals surface area contributed by atoms with Crippen molar-refractivity contribution in [3.05, 3.63) is 16.7 Å². The average Bonchev–Trinajstić information content (AvgIpc) is 2.89. The molecule has 2 atom stereocenters. The van der Waals surface area contributed by atoms with Crippen LogP contribution >= 0.6 is 0 Å². The molecule has 3 heterocycles. The highest BCUT2D eigenvalue weighted by Crippen LogP contribution is 2.41. The Bertz CT molecular complexity index is 712. The van der Waals surface area contributed by atoms with Gasteiger partial charge in [0.25, 0.3) is 11.5 Å². The van der Waals surface area contributed by atoms with E-state index in [0.717, 1.165) is 0 Å². The van der Waals surface area contributed by atoms with Crippen molar-refractivity contribution in [1.82, 2.24) is 19.5 Å². The van der Waals surface area contributed by atoms with Crippen LogP contribution in [0.25, 0.3) is 11.2 Å². The first-order chi connectivity index (χ1) is 9.42. The zero-order valence-corrected chi connectivity index (χ0v) is 10.1. The zero-order chi connectivity index (χ0) is 14.5. The van der Waals surface area contributed by atoms with Crippen molar-refractivity contribution in [3.8, 4) is 0 Å². The number of imidazole rings is 1. The summed E-state index contributed by atoms with van der Waals surface area (Å²) in [5.74, 6) is -3.31. The van der Waals surface area contributed by atoms with Gasteiger partial charge >= 0.3 is 0 Å². The summed E-state index contributed by atoms with van der Waals surface area (Å²) in [5, 5.41) is 8.90. The molecule has 108 valence electrons. The van der Waals surface area contributed by atoms with E-state index in [4.69, 9.17) is 15.6 Å². The maximum Gasteiger partial charge on any atom is 0.280 e. The third-order valence-electron chi connectivity index (χ3n) is 3.17. The lowest BCUT2D eigenvalue weighted by atomic mass is 10.2. The normalized spacial score (nSPS) is 25.4. The second kappa shape index (κ2) is 4.21. The number of hydrogen-bond acceptors (Lipinski definition) is 6. The fourth-order valence-corrected chi connectivity index (χ4v) is 2.20. The summed E-state index contributed by atoms with van der Waals surface area (Å²) in [4.78, 5) is 21.5. The molecule has 0 aliphatic carbocycles. The fourth-order valence-electron chi connectivity index (χ4n) is 2.20. The van der Waals surface area contributed by atoms with Crippen molar-refractivity contribution >= 4 is 17.1 Å². The molecule has 10 heteroatoms. The van der Waals surface area contributed by atoms with Crippen LogP contribution in [0.15, 0.2) is 11.1 Å². The number of hydrogen-bond donors (Lipinski definition) is 3. The number of ether oxygens (including phenoxy) is 1. The van der Waals surface area contributed by atoms with Gasteiger partial charge in [0.15, 0.2) is 11.2 Å². The van der Waals surface area contributed by atoms with E-state index in [-0.39, 0.29) is 17.1 Å². The van der Waals surface area contributed by atoms with E-state index in [1.807, 2.05) is 0 Å². The summed E-state index contributed by atoms with van der Waals surface area (Å²) < 4.78 is 33.5. The number of nitrogens with two attached hydrogens (primary N) is 1. The molecule has 0 unspecified atom stereocenters. The second-order valence-corrected chi connectivity index (χ2v) is 4.50. The largest absolute Gasteiger partial charge is 0.393 e. The predicted molar refractivity (Wildman–Crippen MR) is 63.1 cm³/mol. The third-order valence-corrected chi connectivity index (χ3v) is 3.17. The first kappa shape index (κ1) is 12.9. The molecular weight excluding hydrogens is 276 g/mol. The fraction of sp³-hybridized carbons (Fsp3) is 0.500. The Hall–Kier alpha value is -2.07. The highest BCUT2D eigenvalue weighted by molar-refractivity contribution is 5.70. The van der Waals surface area contributed by atoms with Crippen LogP contribution in [0.1, 0.15) is 12.6 Å². The molecule has 0 radical (unpaired) electrons. The average molecular weight is 287 g/mol. The summed E-state index contributed by atoms with van der Waals surface area (Å²) in [6.45, 7) is -0.799. The highest BCUT2D eigenvalue weighted by Gasteiger charge is 2.50. The number of nitrogens with zero attached hydrogens (tertiary/aromatic N) is 3. The molecule has 1 aliphatic heterocycles. The number of H-pyrrole nitrogens is 1. The second-order valence-electron chi connectivity index (χ2n) is 4.50. The number of nitrogens with one attached hydrogen (secondary N) is 1. The molecule has 2 aromatic heterocycles. The number of fused-ring (bicyclic) bond motifs is 1. The van der Waals surface area contributed by atoms with Crippen molar-refractivity contribution in [3.63, 3.8) is 0 Å². The van der Waals surface area contributed by atoms with Crippen LogP contribution in [0.4, 0.5) is 14.7 Å². The van der Waals surface area contributed by atoms with Gasteiger partial charge in [0.1, 0.15) is 12.3 Å². The molecule has 8 nitrogen and oxygen atoms in total. The lowest BCUT2D eigenvalue weighted by molar-refractivity contribution is -0.101. The van der Waals surface area contributed by atoms with E-state index in [1.54, 1.807) is 0 Å². The predicted octanol–water partition coefficient (Wildman–Crippen LogP) is -0.383. The minimum absolute atomic E-state index is 0.0152. The van der Waals surface area contributed by atoms with Crippen LogP contribution < -0.4 is 11.3 Å². The van der Waals surface area contributed by atoms with Gasteiger partial charge in [0, 0.05) is 0 Å². The van der Waals surface area contributed by atoms with Gasteiger partial charge in [0.2, 0.25) is 5.95 Å². The maximum absolute atomic E-state index is 13.6. The SMILES string of the molecule is Nc1nc2c(ncn2[C@@H]2CC(F)(F)[C@H](CO)O2)c(=O)[nH]1. The molecule has 3 rings (SSSR count). The minimum atomic E-state index is -3.16. The number of anilines is 1. The van der Waals surface area contributed by atoms with Gasteiger partial charge in [0.05, 0.1) is 19.4 Å². The van der Waals surface area contributed by atoms with Gasteiger partial charge in [-0.25, -0.2) is 13.8 Å². The van der Waals surface area contributed by atoms with Gasteiger partial charge in [-0.15, -0.1) is 0 Å². The van der Waals surface area contributed by atoms with Crippen molar-refractivity contribution < 1.29 is 18.6 Å². The van der Waals surface area contributed by atoms with E-state index in [0.29, 0.717) is 0 Å². The number of nitrogen functional groups attached to an aromatic ring is 1. The molecule has 0 amide bonds. The topological polar surface area (TPSA) is 119 Å². The standard InChI is InChI=1S/C10H11F2N5O3/c11-10(12)1-5(20-4(10)2-18)17-3-14-6-7(17)15-9(13)16-8(6)19/h3-5,18H,1-2H2,(H3,13,15,16,19)/t4-,5-/m0/s1. The molecular formula is C10H11F2N5O3. The van der Waals surface area contributed by atoms with Crippen LogP contribution in [0.2, 0.25) is 0 Å². The number of halogens is 2. The van der Waals surface area contributed by atoms with Gasteiger partial charge in [-0.2, -0.15) is 4.98 Å². The number of aliphatic hydroxyl groups is 1. The number of aliphatic hydroxyl groups excluding tert-OH is 1. The molecule has 1 fully saturated rings. The number of rotatable bonds is 2. The molecule has 1 aliphatic rings. The zero-order valence-electron chi connectivity index (χ0n) is 10.1. The molecule has 0 aromatic carbocycles. The Balaban J connectivity index is 2.06. The monoisotopic (exact) mass is 287 g/mol. The van der Waals surface area contributed by atoms with Crippen molar-refractivity contribution in [1.29, 1.82) is 0 Å². The summed E-state index contributed by atoms with van der Waals surface area (Å²) in [7, 11) is 0. The van der Waals surface area contributed by atoms with Gasteiger partial charge in [-0.05, 0) is 0 Å².